The molecule has 0 unspecified atom stereocenters. The molecule has 1 atom stereocenters. The highest BCUT2D eigenvalue weighted by atomic mass is 16.5. The molecule has 16 heavy (non-hydrogen) atoms. The number of hydrogen-bond donors (Lipinski definition) is 1. The zero-order chi connectivity index (χ0) is 12.0. The van der Waals surface area contributed by atoms with Gasteiger partial charge in [-0.2, -0.15) is 0 Å². The second-order valence-corrected chi connectivity index (χ2v) is 4.39. The second kappa shape index (κ2) is 6.54. The molecule has 0 spiro atoms. The van der Waals surface area contributed by atoms with Crippen LogP contribution in [0.5, 0.6) is 5.75 Å². The van der Waals surface area contributed by atoms with Crippen molar-refractivity contribution in [3.8, 4) is 5.75 Å². The van der Waals surface area contributed by atoms with Crippen LogP contribution in [0.2, 0.25) is 0 Å². The third-order valence-electron chi connectivity index (χ3n) is 2.63. The van der Waals surface area contributed by atoms with Crippen molar-refractivity contribution < 1.29 is 4.74 Å². The van der Waals surface area contributed by atoms with Gasteiger partial charge in [0.25, 0.3) is 0 Å². The Labute approximate surface area is 99.0 Å². The molecule has 0 bridgehead atoms. The Kier molecular flexibility index (Phi) is 5.33. The number of nitrogens with one attached hydrogen (secondary N) is 1. The van der Waals surface area contributed by atoms with E-state index in [9.17, 15) is 0 Å². The Balaban J connectivity index is 2.48. The fourth-order valence-electron chi connectivity index (χ4n) is 1.68. The van der Waals surface area contributed by atoms with Gasteiger partial charge in [0.2, 0.25) is 0 Å². The van der Waals surface area contributed by atoms with Crippen LogP contribution >= 0.6 is 0 Å². The average molecular weight is 221 g/mol. The molecule has 2 heteroatoms. The lowest BCUT2D eigenvalue weighted by molar-refractivity contribution is 0.270. The largest absolute Gasteiger partial charge is 0.491 e. The fraction of sp³-hybridized carbons (Fsp3) is 0.571. The van der Waals surface area contributed by atoms with Gasteiger partial charge >= 0.3 is 0 Å². The Bertz CT molecular complexity index is 302. The minimum Gasteiger partial charge on any atom is -0.491 e. The van der Waals surface area contributed by atoms with Gasteiger partial charge in [0.15, 0.2) is 0 Å². The second-order valence-electron chi connectivity index (χ2n) is 4.39. The fourth-order valence-corrected chi connectivity index (χ4v) is 1.68. The van der Waals surface area contributed by atoms with Crippen molar-refractivity contribution >= 4 is 0 Å². The Morgan fingerprint density at radius 3 is 2.44 bits per heavy atom. The molecular formula is C14H23NO. The van der Waals surface area contributed by atoms with Crippen LogP contribution in [0.4, 0.5) is 0 Å². The molecule has 1 rings (SSSR count). The predicted octanol–water partition coefficient (Wildman–Crippen LogP) is 3.07. The summed E-state index contributed by atoms with van der Waals surface area (Å²) < 4.78 is 5.86. The molecule has 2 nitrogen and oxygen atoms in total. The van der Waals surface area contributed by atoms with Crippen molar-refractivity contribution in [3.63, 3.8) is 0 Å². The third-order valence-corrected chi connectivity index (χ3v) is 2.63. The molecule has 1 N–H and O–H groups in total. The zero-order valence-corrected chi connectivity index (χ0v) is 10.8. The number of hydrogen-bond acceptors (Lipinski definition) is 2. The first kappa shape index (κ1) is 13.0. The SMILES string of the molecule is CCCN[C@@H](C)COc1c(C)cccc1C. The highest BCUT2D eigenvalue weighted by Gasteiger charge is 2.05. The van der Waals surface area contributed by atoms with E-state index in [1.807, 2.05) is 0 Å². The molecule has 0 heterocycles. The summed E-state index contributed by atoms with van der Waals surface area (Å²) in [4.78, 5) is 0. The Hall–Kier alpha value is -1.02. The van der Waals surface area contributed by atoms with Crippen LogP contribution in [0.25, 0.3) is 0 Å². The van der Waals surface area contributed by atoms with Gasteiger partial charge in [-0.1, -0.05) is 25.1 Å². The van der Waals surface area contributed by atoms with E-state index < -0.39 is 0 Å². The van der Waals surface area contributed by atoms with Gasteiger partial charge < -0.3 is 10.1 Å². The van der Waals surface area contributed by atoms with E-state index >= 15 is 0 Å². The van der Waals surface area contributed by atoms with Crippen LogP contribution in [0.15, 0.2) is 18.2 Å². The van der Waals surface area contributed by atoms with Crippen molar-refractivity contribution in [2.24, 2.45) is 0 Å². The van der Waals surface area contributed by atoms with E-state index in [0.29, 0.717) is 6.04 Å². The van der Waals surface area contributed by atoms with E-state index in [2.05, 4.69) is 51.2 Å². The van der Waals surface area contributed by atoms with E-state index in [1.54, 1.807) is 0 Å². The molecule has 0 aliphatic heterocycles. The lowest BCUT2D eigenvalue weighted by atomic mass is 10.1. The molecule has 0 aliphatic rings. The van der Waals surface area contributed by atoms with Crippen molar-refractivity contribution in [2.45, 2.75) is 40.2 Å². The molecule has 1 aromatic carbocycles. The molecule has 1 aromatic rings. The predicted molar refractivity (Wildman–Crippen MR) is 69.2 cm³/mol. The minimum absolute atomic E-state index is 0.402. The summed E-state index contributed by atoms with van der Waals surface area (Å²) >= 11 is 0. The van der Waals surface area contributed by atoms with Crippen LogP contribution in [0, 0.1) is 13.8 Å². The van der Waals surface area contributed by atoms with E-state index in [1.165, 1.54) is 11.1 Å². The van der Waals surface area contributed by atoms with Gasteiger partial charge in [-0.25, -0.2) is 0 Å². The van der Waals surface area contributed by atoms with Gasteiger partial charge in [0.1, 0.15) is 12.4 Å². The third kappa shape index (κ3) is 3.86. The lowest BCUT2D eigenvalue weighted by Gasteiger charge is -2.17. The van der Waals surface area contributed by atoms with Crippen molar-refractivity contribution in [1.29, 1.82) is 0 Å². The average Bonchev–Trinajstić information content (AvgIpc) is 2.25. The van der Waals surface area contributed by atoms with E-state index in [0.717, 1.165) is 25.3 Å². The van der Waals surface area contributed by atoms with Crippen LogP contribution in [-0.4, -0.2) is 19.2 Å². The maximum absolute atomic E-state index is 5.86. The van der Waals surface area contributed by atoms with Crippen LogP contribution in [0.1, 0.15) is 31.4 Å². The highest BCUT2D eigenvalue weighted by molar-refractivity contribution is 5.39. The molecule has 0 saturated heterocycles. The summed E-state index contributed by atoms with van der Waals surface area (Å²) in [5, 5.41) is 3.42. The number of para-hydroxylation sites is 1. The molecule has 0 aromatic heterocycles. The molecule has 0 fully saturated rings. The van der Waals surface area contributed by atoms with Crippen molar-refractivity contribution in [2.75, 3.05) is 13.2 Å². The quantitative estimate of drug-likeness (QED) is 0.797. The summed E-state index contributed by atoms with van der Waals surface area (Å²) in [5.41, 5.74) is 2.42. The molecule has 0 amide bonds. The number of rotatable bonds is 6. The molecular weight excluding hydrogens is 198 g/mol. The summed E-state index contributed by atoms with van der Waals surface area (Å²) in [6, 6.07) is 6.65. The maximum Gasteiger partial charge on any atom is 0.125 e. The number of ether oxygens (including phenoxy) is 1. The standard InChI is InChI=1S/C14H23NO/c1-5-9-15-13(4)10-16-14-11(2)7-6-8-12(14)3/h6-8,13,15H,5,9-10H2,1-4H3/t13-/m0/s1. The first-order chi connectivity index (χ1) is 7.65. The smallest absolute Gasteiger partial charge is 0.125 e. The van der Waals surface area contributed by atoms with Crippen molar-refractivity contribution in [3.05, 3.63) is 29.3 Å². The molecule has 0 aliphatic carbocycles. The summed E-state index contributed by atoms with van der Waals surface area (Å²) in [7, 11) is 0. The summed E-state index contributed by atoms with van der Waals surface area (Å²) in [6.07, 6.45) is 1.16. The number of benzene rings is 1. The van der Waals surface area contributed by atoms with E-state index in [4.69, 9.17) is 4.74 Å². The first-order valence-electron chi connectivity index (χ1n) is 6.07. The van der Waals surface area contributed by atoms with Gasteiger partial charge in [0.05, 0.1) is 0 Å². The maximum atomic E-state index is 5.86. The van der Waals surface area contributed by atoms with Gasteiger partial charge in [-0.15, -0.1) is 0 Å². The Morgan fingerprint density at radius 2 is 1.88 bits per heavy atom. The highest BCUT2D eigenvalue weighted by Crippen LogP contribution is 2.22. The Morgan fingerprint density at radius 1 is 1.25 bits per heavy atom. The van der Waals surface area contributed by atoms with Crippen molar-refractivity contribution in [1.82, 2.24) is 5.32 Å². The van der Waals surface area contributed by atoms with Crippen LogP contribution in [-0.2, 0) is 0 Å². The lowest BCUT2D eigenvalue weighted by Crippen LogP contribution is -2.32. The normalized spacial score (nSPS) is 12.5. The van der Waals surface area contributed by atoms with Crippen LogP contribution < -0.4 is 10.1 Å². The monoisotopic (exact) mass is 221 g/mol. The van der Waals surface area contributed by atoms with Crippen LogP contribution in [0.3, 0.4) is 0 Å². The number of aryl methyl sites for hydroxylation is 2. The van der Waals surface area contributed by atoms with Gasteiger partial charge in [-0.05, 0) is 44.9 Å². The van der Waals surface area contributed by atoms with E-state index in [-0.39, 0.29) is 0 Å². The molecule has 0 radical (unpaired) electrons. The molecule has 90 valence electrons. The topological polar surface area (TPSA) is 21.3 Å². The molecule has 0 saturated carbocycles. The van der Waals surface area contributed by atoms with Gasteiger partial charge in [-0.3, -0.25) is 0 Å². The minimum atomic E-state index is 0.402. The first-order valence-corrected chi connectivity index (χ1v) is 6.07. The zero-order valence-electron chi connectivity index (χ0n) is 10.8. The summed E-state index contributed by atoms with van der Waals surface area (Å²) in [6.45, 7) is 10.3. The van der Waals surface area contributed by atoms with Gasteiger partial charge in [0, 0.05) is 6.04 Å². The summed E-state index contributed by atoms with van der Waals surface area (Å²) in [5.74, 6) is 1.03.